The standard InChI is InChI=1S/C19H19ClO4/c1-12(2)11-23-18(21)15-6-4-5-7-16(15)19(22)24-14-8-9-17(20)13(3)10-14/h4-10,12H,11H2,1-3H3. The van der Waals surface area contributed by atoms with Crippen LogP contribution >= 0.6 is 11.6 Å². The quantitative estimate of drug-likeness (QED) is 0.582. The van der Waals surface area contributed by atoms with Gasteiger partial charge in [-0.05, 0) is 48.7 Å². The molecule has 0 unspecified atom stereocenters. The van der Waals surface area contributed by atoms with Gasteiger partial charge in [-0.3, -0.25) is 0 Å². The van der Waals surface area contributed by atoms with Gasteiger partial charge in [0.15, 0.2) is 0 Å². The summed E-state index contributed by atoms with van der Waals surface area (Å²) in [4.78, 5) is 24.6. The van der Waals surface area contributed by atoms with Crippen molar-refractivity contribution in [2.75, 3.05) is 6.61 Å². The zero-order valence-corrected chi connectivity index (χ0v) is 14.6. The van der Waals surface area contributed by atoms with Crippen LogP contribution in [0.15, 0.2) is 42.5 Å². The lowest BCUT2D eigenvalue weighted by atomic mass is 10.1. The van der Waals surface area contributed by atoms with E-state index in [9.17, 15) is 9.59 Å². The first-order valence-electron chi connectivity index (χ1n) is 7.63. The monoisotopic (exact) mass is 346 g/mol. The number of benzene rings is 2. The van der Waals surface area contributed by atoms with E-state index < -0.39 is 11.9 Å². The van der Waals surface area contributed by atoms with E-state index in [2.05, 4.69) is 0 Å². The minimum absolute atomic E-state index is 0.166. The Morgan fingerprint density at radius 1 is 1.04 bits per heavy atom. The molecule has 0 saturated heterocycles. The van der Waals surface area contributed by atoms with Gasteiger partial charge >= 0.3 is 11.9 Å². The van der Waals surface area contributed by atoms with E-state index in [-0.39, 0.29) is 17.0 Å². The first-order valence-corrected chi connectivity index (χ1v) is 8.00. The summed E-state index contributed by atoms with van der Waals surface area (Å²) in [6.45, 7) is 5.99. The van der Waals surface area contributed by atoms with Gasteiger partial charge in [0, 0.05) is 5.02 Å². The van der Waals surface area contributed by atoms with Gasteiger partial charge in [-0.15, -0.1) is 0 Å². The molecule has 0 saturated carbocycles. The number of esters is 2. The van der Waals surface area contributed by atoms with E-state index >= 15 is 0 Å². The fraction of sp³-hybridized carbons (Fsp3) is 0.263. The van der Waals surface area contributed by atoms with Crippen molar-refractivity contribution in [3.05, 3.63) is 64.2 Å². The second-order valence-corrected chi connectivity index (χ2v) is 6.25. The van der Waals surface area contributed by atoms with Gasteiger partial charge in [0.25, 0.3) is 0 Å². The molecule has 0 N–H and O–H groups in total. The number of rotatable bonds is 5. The average molecular weight is 347 g/mol. The van der Waals surface area contributed by atoms with Crippen molar-refractivity contribution in [3.63, 3.8) is 0 Å². The molecule has 2 aromatic carbocycles. The fourth-order valence-corrected chi connectivity index (χ4v) is 2.12. The van der Waals surface area contributed by atoms with Gasteiger partial charge in [0.2, 0.25) is 0 Å². The molecule has 0 heterocycles. The Morgan fingerprint density at radius 2 is 1.67 bits per heavy atom. The summed E-state index contributed by atoms with van der Waals surface area (Å²) < 4.78 is 10.5. The van der Waals surface area contributed by atoms with E-state index in [1.54, 1.807) is 36.4 Å². The van der Waals surface area contributed by atoms with Gasteiger partial charge < -0.3 is 9.47 Å². The largest absolute Gasteiger partial charge is 0.462 e. The zero-order valence-electron chi connectivity index (χ0n) is 13.8. The predicted octanol–water partition coefficient (Wildman–Crippen LogP) is 4.68. The van der Waals surface area contributed by atoms with Crippen LogP contribution in [0.25, 0.3) is 0 Å². The van der Waals surface area contributed by atoms with Crippen molar-refractivity contribution in [2.45, 2.75) is 20.8 Å². The molecule has 0 spiro atoms. The Balaban J connectivity index is 2.20. The number of carbonyl (C=O) groups excluding carboxylic acids is 2. The molecule has 24 heavy (non-hydrogen) atoms. The maximum atomic E-state index is 12.4. The molecule has 0 amide bonds. The number of carbonyl (C=O) groups is 2. The van der Waals surface area contributed by atoms with Crippen molar-refractivity contribution < 1.29 is 19.1 Å². The summed E-state index contributed by atoms with van der Waals surface area (Å²) in [5, 5.41) is 0.590. The Kier molecular flexibility index (Phi) is 5.99. The minimum Gasteiger partial charge on any atom is -0.462 e. The van der Waals surface area contributed by atoms with Gasteiger partial charge in [0.05, 0.1) is 17.7 Å². The molecule has 0 atom stereocenters. The second-order valence-electron chi connectivity index (χ2n) is 5.84. The highest BCUT2D eigenvalue weighted by Crippen LogP contribution is 2.22. The lowest BCUT2D eigenvalue weighted by Crippen LogP contribution is -2.17. The lowest BCUT2D eigenvalue weighted by molar-refractivity contribution is 0.0452. The third kappa shape index (κ3) is 4.59. The van der Waals surface area contributed by atoms with Crippen molar-refractivity contribution in [2.24, 2.45) is 5.92 Å². The molecule has 2 aromatic rings. The third-order valence-corrected chi connectivity index (χ3v) is 3.68. The number of hydrogen-bond donors (Lipinski definition) is 0. The van der Waals surface area contributed by atoms with Crippen LogP contribution in [0.3, 0.4) is 0 Å². The van der Waals surface area contributed by atoms with Gasteiger partial charge in [-0.2, -0.15) is 0 Å². The van der Waals surface area contributed by atoms with Crippen LogP contribution in [0, 0.1) is 12.8 Å². The molecule has 0 fully saturated rings. The highest BCUT2D eigenvalue weighted by Gasteiger charge is 2.20. The van der Waals surface area contributed by atoms with Crippen molar-refractivity contribution in [3.8, 4) is 5.75 Å². The molecule has 2 rings (SSSR count). The maximum absolute atomic E-state index is 12.4. The van der Waals surface area contributed by atoms with Crippen LogP contribution in [0.5, 0.6) is 5.75 Å². The number of hydrogen-bond acceptors (Lipinski definition) is 4. The molecule has 0 aliphatic carbocycles. The Bertz CT molecular complexity index is 753. The van der Waals surface area contributed by atoms with E-state index in [1.807, 2.05) is 20.8 Å². The summed E-state index contributed by atoms with van der Waals surface area (Å²) in [6, 6.07) is 11.4. The van der Waals surface area contributed by atoms with Gasteiger partial charge in [0.1, 0.15) is 5.75 Å². The molecule has 0 aliphatic rings. The van der Waals surface area contributed by atoms with E-state index in [0.717, 1.165) is 5.56 Å². The summed E-state index contributed by atoms with van der Waals surface area (Å²) in [6.07, 6.45) is 0. The van der Waals surface area contributed by atoms with Crippen LogP contribution < -0.4 is 4.74 Å². The summed E-state index contributed by atoms with van der Waals surface area (Å²) >= 11 is 5.96. The molecule has 5 heteroatoms. The van der Waals surface area contributed by atoms with Crippen LogP contribution in [0.2, 0.25) is 5.02 Å². The molecule has 0 bridgehead atoms. The van der Waals surface area contributed by atoms with Crippen molar-refractivity contribution in [1.29, 1.82) is 0 Å². The number of ether oxygens (including phenoxy) is 2. The van der Waals surface area contributed by atoms with Crippen molar-refractivity contribution in [1.82, 2.24) is 0 Å². The molecule has 0 aliphatic heterocycles. The second kappa shape index (κ2) is 7.97. The van der Waals surface area contributed by atoms with Crippen molar-refractivity contribution >= 4 is 23.5 Å². The normalized spacial score (nSPS) is 10.5. The van der Waals surface area contributed by atoms with Crippen LogP contribution in [-0.2, 0) is 4.74 Å². The molecule has 0 aromatic heterocycles. The van der Waals surface area contributed by atoms with E-state index in [0.29, 0.717) is 17.4 Å². The molecular formula is C19H19ClO4. The molecule has 126 valence electrons. The molecule has 0 radical (unpaired) electrons. The van der Waals surface area contributed by atoms with E-state index in [4.69, 9.17) is 21.1 Å². The van der Waals surface area contributed by atoms with Crippen LogP contribution in [0.1, 0.15) is 40.1 Å². The maximum Gasteiger partial charge on any atom is 0.344 e. The fourth-order valence-electron chi connectivity index (χ4n) is 2.00. The third-order valence-electron chi connectivity index (χ3n) is 3.25. The minimum atomic E-state index is -0.617. The summed E-state index contributed by atoms with van der Waals surface area (Å²) in [5.74, 6) is -0.574. The van der Waals surface area contributed by atoms with E-state index in [1.165, 1.54) is 6.07 Å². The summed E-state index contributed by atoms with van der Waals surface area (Å²) in [5.41, 5.74) is 1.15. The lowest BCUT2D eigenvalue weighted by Gasteiger charge is -2.11. The summed E-state index contributed by atoms with van der Waals surface area (Å²) in [7, 11) is 0. The zero-order chi connectivity index (χ0) is 17.7. The number of aryl methyl sites for hydroxylation is 1. The molecular weight excluding hydrogens is 328 g/mol. The average Bonchev–Trinajstić information content (AvgIpc) is 2.56. The Morgan fingerprint density at radius 3 is 2.25 bits per heavy atom. The topological polar surface area (TPSA) is 52.6 Å². The molecule has 4 nitrogen and oxygen atoms in total. The number of halogens is 1. The first-order chi connectivity index (χ1) is 11.4. The Labute approximate surface area is 146 Å². The predicted molar refractivity (Wildman–Crippen MR) is 92.7 cm³/mol. The highest BCUT2D eigenvalue weighted by molar-refractivity contribution is 6.31. The van der Waals surface area contributed by atoms with Crippen LogP contribution in [-0.4, -0.2) is 18.5 Å². The smallest absolute Gasteiger partial charge is 0.344 e. The van der Waals surface area contributed by atoms with Gasteiger partial charge in [-0.1, -0.05) is 37.6 Å². The SMILES string of the molecule is Cc1cc(OC(=O)c2ccccc2C(=O)OCC(C)C)ccc1Cl. The first kappa shape index (κ1) is 18.0. The Hall–Kier alpha value is -2.33. The van der Waals surface area contributed by atoms with Gasteiger partial charge in [-0.25, -0.2) is 9.59 Å². The highest BCUT2D eigenvalue weighted by atomic mass is 35.5. The van der Waals surface area contributed by atoms with Crippen LogP contribution in [0.4, 0.5) is 0 Å².